The van der Waals surface area contributed by atoms with Crippen LogP contribution >= 0.6 is 0 Å². The third-order valence-corrected chi connectivity index (χ3v) is 7.17. The Morgan fingerprint density at radius 2 is 1.47 bits per heavy atom. The Kier molecular flexibility index (Phi) is 5.75. The molecule has 6 aromatic rings. The normalized spacial score (nSPS) is 15.8. The first-order valence-electron chi connectivity index (χ1n) is 13.2. The van der Waals surface area contributed by atoms with E-state index >= 15 is 0 Å². The van der Waals surface area contributed by atoms with Crippen LogP contribution in [-0.2, 0) is 6.42 Å². The number of rotatable bonds is 7. The van der Waals surface area contributed by atoms with Crippen LogP contribution in [0.15, 0.2) is 48.8 Å². The Morgan fingerprint density at radius 3 is 2.13 bits per heavy atom. The molecule has 2 aromatic carbocycles. The molecule has 1 aliphatic heterocycles. The number of nitrogens with one attached hydrogen (secondary N) is 3. The fraction of sp³-hybridized carbons (Fsp3) is 0.286. The van der Waals surface area contributed by atoms with Crippen molar-refractivity contribution in [1.82, 2.24) is 45.2 Å². The number of fused-ring (bicyclic) bond motifs is 3. The molecule has 7 rings (SSSR count). The molecule has 1 unspecified atom stereocenters. The first-order chi connectivity index (χ1) is 18.7. The molecule has 0 amide bonds. The Bertz CT molecular complexity index is 1760. The average Bonchev–Trinajstić information content (AvgIpc) is 3.71. The van der Waals surface area contributed by atoms with E-state index in [0.29, 0.717) is 23.5 Å². The monoisotopic (exact) mass is 504 g/mol. The number of H-pyrrole nitrogens is 2. The number of nitrogens with zero attached hydrogens (tertiary/aromatic N) is 6. The van der Waals surface area contributed by atoms with E-state index in [1.807, 2.05) is 0 Å². The topological polar surface area (TPSA) is 147 Å². The Morgan fingerprint density at radius 1 is 0.789 bits per heavy atom. The Labute approximate surface area is 218 Å². The van der Waals surface area contributed by atoms with Crippen LogP contribution in [0.25, 0.3) is 55.9 Å². The molecule has 0 bridgehead atoms. The van der Waals surface area contributed by atoms with E-state index in [-0.39, 0.29) is 6.04 Å². The van der Waals surface area contributed by atoms with E-state index < -0.39 is 0 Å². The number of aromatic nitrogens is 8. The molecule has 10 heteroatoms. The number of hydrogen-bond acceptors (Lipinski definition) is 8. The van der Waals surface area contributed by atoms with Crippen LogP contribution in [0.5, 0.6) is 0 Å². The smallest absolute Gasteiger partial charge is 0.197 e. The molecule has 5 heterocycles. The molecule has 1 aliphatic rings. The number of benzene rings is 2. The maximum absolute atomic E-state index is 5.60. The van der Waals surface area contributed by atoms with Crippen LogP contribution < -0.4 is 11.1 Å². The quantitative estimate of drug-likeness (QED) is 0.236. The first-order valence-corrected chi connectivity index (χ1v) is 13.2. The van der Waals surface area contributed by atoms with Gasteiger partial charge in [-0.2, -0.15) is 0 Å². The lowest BCUT2D eigenvalue weighted by atomic mass is 10.0. The number of aromatic amines is 2. The third-order valence-electron chi connectivity index (χ3n) is 7.17. The lowest BCUT2D eigenvalue weighted by molar-refractivity contribution is 0.614. The van der Waals surface area contributed by atoms with Crippen molar-refractivity contribution in [2.24, 2.45) is 5.73 Å². The predicted molar refractivity (Wildman–Crippen MR) is 147 cm³/mol. The van der Waals surface area contributed by atoms with E-state index in [0.717, 1.165) is 89.2 Å². The SMILES string of the molecule is NCCCCc1nc2ncc(-c3ccc4cc(-c5cnc6nc(C7CCCN7)[nH]c6n5)ccc4c3)nc2[nH]1. The molecule has 1 saturated heterocycles. The van der Waals surface area contributed by atoms with Crippen LogP contribution in [0.3, 0.4) is 0 Å². The molecule has 5 N–H and O–H groups in total. The summed E-state index contributed by atoms with van der Waals surface area (Å²) in [5.41, 5.74) is 12.0. The van der Waals surface area contributed by atoms with Crippen molar-refractivity contribution in [2.75, 3.05) is 13.1 Å². The fourth-order valence-electron chi connectivity index (χ4n) is 5.13. The third kappa shape index (κ3) is 4.27. The van der Waals surface area contributed by atoms with Gasteiger partial charge in [-0.3, -0.25) is 0 Å². The molecule has 1 atom stereocenters. The van der Waals surface area contributed by atoms with Crippen LogP contribution in [0.1, 0.15) is 43.4 Å². The Balaban J connectivity index is 1.16. The summed E-state index contributed by atoms with van der Waals surface area (Å²) < 4.78 is 0. The van der Waals surface area contributed by atoms with E-state index in [2.05, 4.69) is 71.6 Å². The second kappa shape index (κ2) is 9.55. The number of unbranched alkanes of at least 4 members (excludes halogenated alkanes) is 1. The van der Waals surface area contributed by atoms with Crippen LogP contribution in [-0.4, -0.2) is 53.0 Å². The largest absolute Gasteiger partial charge is 0.330 e. The standard InChI is InChI=1S/C28H28N10/c29-10-2-1-5-23-35-25-27(36-23)33-21(14-31-25)18-8-6-17-13-19(9-7-16(17)12-18)22-15-32-26-28(34-22)38-24(37-26)20-4-3-11-30-20/h6-9,12-15,20,30H,1-5,10-11,29H2,(H,31,33,35,36)(H,32,34,37,38). The van der Waals surface area contributed by atoms with Crippen molar-refractivity contribution in [3.63, 3.8) is 0 Å². The van der Waals surface area contributed by atoms with Crippen molar-refractivity contribution in [3.05, 3.63) is 60.4 Å². The lowest BCUT2D eigenvalue weighted by Gasteiger charge is -2.06. The summed E-state index contributed by atoms with van der Waals surface area (Å²) in [6.45, 7) is 1.71. The summed E-state index contributed by atoms with van der Waals surface area (Å²) in [4.78, 5) is 34.6. The highest BCUT2D eigenvalue weighted by Gasteiger charge is 2.20. The van der Waals surface area contributed by atoms with Crippen molar-refractivity contribution in [2.45, 2.75) is 38.1 Å². The zero-order chi connectivity index (χ0) is 25.5. The number of imidazole rings is 2. The zero-order valence-electron chi connectivity index (χ0n) is 20.9. The van der Waals surface area contributed by atoms with Crippen LogP contribution in [0.2, 0.25) is 0 Å². The van der Waals surface area contributed by atoms with Gasteiger partial charge in [0.1, 0.15) is 11.6 Å². The summed E-state index contributed by atoms with van der Waals surface area (Å²) in [5.74, 6) is 1.82. The number of hydrogen-bond donors (Lipinski definition) is 4. The number of aryl methyl sites for hydroxylation is 1. The van der Waals surface area contributed by atoms with E-state index in [1.165, 1.54) is 0 Å². The molecular weight excluding hydrogens is 476 g/mol. The summed E-state index contributed by atoms with van der Waals surface area (Å²) in [5, 5.41) is 5.70. The molecular formula is C28H28N10. The lowest BCUT2D eigenvalue weighted by Crippen LogP contribution is -2.14. The first kappa shape index (κ1) is 22.9. The minimum absolute atomic E-state index is 0.256. The summed E-state index contributed by atoms with van der Waals surface area (Å²) in [6.07, 6.45) is 8.64. The molecule has 0 saturated carbocycles. The second-order valence-electron chi connectivity index (χ2n) is 9.83. The van der Waals surface area contributed by atoms with Gasteiger partial charge >= 0.3 is 0 Å². The highest BCUT2D eigenvalue weighted by Crippen LogP contribution is 2.28. The van der Waals surface area contributed by atoms with Crippen molar-refractivity contribution >= 4 is 33.4 Å². The molecule has 190 valence electrons. The summed E-state index contributed by atoms with van der Waals surface area (Å²) in [6, 6.07) is 12.9. The molecule has 0 radical (unpaired) electrons. The highest BCUT2D eigenvalue weighted by molar-refractivity contribution is 5.90. The summed E-state index contributed by atoms with van der Waals surface area (Å²) in [7, 11) is 0. The van der Waals surface area contributed by atoms with Gasteiger partial charge in [0.15, 0.2) is 22.6 Å². The van der Waals surface area contributed by atoms with Crippen molar-refractivity contribution < 1.29 is 0 Å². The zero-order valence-corrected chi connectivity index (χ0v) is 20.9. The molecule has 38 heavy (non-hydrogen) atoms. The van der Waals surface area contributed by atoms with Gasteiger partial charge in [-0.15, -0.1) is 0 Å². The molecule has 4 aromatic heterocycles. The van der Waals surface area contributed by atoms with Crippen LogP contribution in [0, 0.1) is 0 Å². The van der Waals surface area contributed by atoms with Crippen molar-refractivity contribution in [1.29, 1.82) is 0 Å². The molecule has 0 aliphatic carbocycles. The van der Waals surface area contributed by atoms with E-state index in [4.69, 9.17) is 15.7 Å². The summed E-state index contributed by atoms with van der Waals surface area (Å²) >= 11 is 0. The van der Waals surface area contributed by atoms with Gasteiger partial charge in [0.2, 0.25) is 0 Å². The van der Waals surface area contributed by atoms with Gasteiger partial charge in [-0.1, -0.05) is 24.3 Å². The van der Waals surface area contributed by atoms with Gasteiger partial charge in [-0.05, 0) is 61.7 Å². The van der Waals surface area contributed by atoms with Gasteiger partial charge in [0, 0.05) is 17.5 Å². The van der Waals surface area contributed by atoms with Gasteiger partial charge in [-0.25, -0.2) is 29.9 Å². The Hall–Kier alpha value is -4.28. The fourth-order valence-corrected chi connectivity index (χ4v) is 5.13. The van der Waals surface area contributed by atoms with E-state index in [9.17, 15) is 0 Å². The van der Waals surface area contributed by atoms with E-state index in [1.54, 1.807) is 12.4 Å². The average molecular weight is 505 g/mol. The minimum atomic E-state index is 0.256. The maximum atomic E-state index is 5.60. The minimum Gasteiger partial charge on any atom is -0.330 e. The molecule has 1 fully saturated rings. The second-order valence-corrected chi connectivity index (χ2v) is 9.83. The van der Waals surface area contributed by atoms with Gasteiger partial charge in [0.05, 0.1) is 29.8 Å². The van der Waals surface area contributed by atoms with Crippen molar-refractivity contribution in [3.8, 4) is 22.5 Å². The number of nitrogens with two attached hydrogens (primary N) is 1. The predicted octanol–water partition coefficient (Wildman–Crippen LogP) is 4.21. The maximum Gasteiger partial charge on any atom is 0.197 e. The van der Waals surface area contributed by atoms with Gasteiger partial charge in [0.25, 0.3) is 0 Å². The van der Waals surface area contributed by atoms with Gasteiger partial charge < -0.3 is 21.0 Å². The molecule has 0 spiro atoms. The highest BCUT2D eigenvalue weighted by atomic mass is 15.1. The molecule has 10 nitrogen and oxygen atoms in total. The van der Waals surface area contributed by atoms with Crippen LogP contribution in [0.4, 0.5) is 0 Å².